The summed E-state index contributed by atoms with van der Waals surface area (Å²) in [5.41, 5.74) is 0. The van der Waals surface area contributed by atoms with Crippen molar-refractivity contribution in [1.29, 1.82) is 0 Å². The summed E-state index contributed by atoms with van der Waals surface area (Å²) in [7, 11) is 0. The van der Waals surface area contributed by atoms with E-state index in [0.29, 0.717) is 5.92 Å². The van der Waals surface area contributed by atoms with Crippen LogP contribution < -0.4 is 0 Å². The fourth-order valence-electron chi connectivity index (χ4n) is 2.61. The van der Waals surface area contributed by atoms with E-state index in [-0.39, 0.29) is 6.10 Å². The van der Waals surface area contributed by atoms with Crippen LogP contribution in [0.4, 0.5) is 0 Å². The molecule has 0 amide bonds. The summed E-state index contributed by atoms with van der Waals surface area (Å²) in [5.74, 6) is 1.41. The van der Waals surface area contributed by atoms with Gasteiger partial charge in [0.2, 0.25) is 0 Å². The van der Waals surface area contributed by atoms with E-state index in [4.69, 9.17) is 0 Å². The zero-order valence-electron chi connectivity index (χ0n) is 8.42. The first kappa shape index (κ1) is 10.0. The van der Waals surface area contributed by atoms with Gasteiger partial charge in [0.15, 0.2) is 0 Å². The van der Waals surface area contributed by atoms with Gasteiger partial charge in [-0.25, -0.2) is 0 Å². The summed E-state index contributed by atoms with van der Waals surface area (Å²) in [5, 5.41) is 9.72. The second-order valence-electron chi connectivity index (χ2n) is 4.12. The standard InChI is InChI=1S/C11H22O/c1-3-6-9(4-2)10-7-5-8-11(10)12/h9-12H,3-8H2,1-2H3/t9-,10?,11?/m0/s1. The fourth-order valence-corrected chi connectivity index (χ4v) is 2.61. The van der Waals surface area contributed by atoms with Crippen LogP contribution in [0.25, 0.3) is 0 Å². The molecule has 0 aromatic carbocycles. The van der Waals surface area contributed by atoms with Crippen LogP contribution in [0.5, 0.6) is 0 Å². The van der Waals surface area contributed by atoms with E-state index in [0.717, 1.165) is 12.3 Å². The van der Waals surface area contributed by atoms with Crippen LogP contribution >= 0.6 is 0 Å². The lowest BCUT2D eigenvalue weighted by atomic mass is 9.84. The second-order valence-corrected chi connectivity index (χ2v) is 4.12. The molecule has 0 bridgehead atoms. The predicted octanol–water partition coefficient (Wildman–Crippen LogP) is 2.97. The van der Waals surface area contributed by atoms with Gasteiger partial charge in [0.05, 0.1) is 6.10 Å². The van der Waals surface area contributed by atoms with Crippen molar-refractivity contribution in [1.82, 2.24) is 0 Å². The van der Waals surface area contributed by atoms with E-state index < -0.39 is 0 Å². The van der Waals surface area contributed by atoms with Crippen molar-refractivity contribution < 1.29 is 5.11 Å². The zero-order chi connectivity index (χ0) is 8.97. The van der Waals surface area contributed by atoms with Gasteiger partial charge < -0.3 is 5.11 Å². The summed E-state index contributed by atoms with van der Waals surface area (Å²) in [6.07, 6.45) is 7.38. The van der Waals surface area contributed by atoms with E-state index in [2.05, 4.69) is 13.8 Å². The fraction of sp³-hybridized carbons (Fsp3) is 1.00. The molecule has 2 unspecified atom stereocenters. The van der Waals surface area contributed by atoms with Crippen molar-refractivity contribution in [2.45, 2.75) is 58.5 Å². The molecule has 12 heavy (non-hydrogen) atoms. The van der Waals surface area contributed by atoms with Gasteiger partial charge in [-0.05, 0) is 24.7 Å². The number of hydrogen-bond donors (Lipinski definition) is 1. The summed E-state index contributed by atoms with van der Waals surface area (Å²) in [4.78, 5) is 0. The van der Waals surface area contributed by atoms with Gasteiger partial charge in [0.25, 0.3) is 0 Å². The highest BCUT2D eigenvalue weighted by molar-refractivity contribution is 4.81. The van der Waals surface area contributed by atoms with Crippen LogP contribution in [-0.2, 0) is 0 Å². The number of rotatable bonds is 4. The second kappa shape index (κ2) is 4.86. The average molecular weight is 170 g/mol. The third kappa shape index (κ3) is 2.22. The molecular formula is C11H22O. The Hall–Kier alpha value is -0.0400. The maximum Gasteiger partial charge on any atom is 0.0571 e. The first-order chi connectivity index (χ1) is 5.79. The largest absolute Gasteiger partial charge is 0.393 e. The van der Waals surface area contributed by atoms with Crippen molar-refractivity contribution in [2.75, 3.05) is 0 Å². The van der Waals surface area contributed by atoms with Gasteiger partial charge in [-0.15, -0.1) is 0 Å². The summed E-state index contributed by atoms with van der Waals surface area (Å²) in [6.45, 7) is 4.50. The molecule has 0 saturated heterocycles. The summed E-state index contributed by atoms with van der Waals surface area (Å²) in [6, 6.07) is 0. The lowest BCUT2D eigenvalue weighted by Gasteiger charge is -2.24. The Morgan fingerprint density at radius 2 is 2.08 bits per heavy atom. The quantitative estimate of drug-likeness (QED) is 0.687. The molecule has 1 nitrogen and oxygen atoms in total. The maximum atomic E-state index is 9.72. The van der Waals surface area contributed by atoms with Crippen LogP contribution in [0.15, 0.2) is 0 Å². The maximum absolute atomic E-state index is 9.72. The first-order valence-corrected chi connectivity index (χ1v) is 5.47. The van der Waals surface area contributed by atoms with Crippen molar-refractivity contribution in [3.63, 3.8) is 0 Å². The number of hydrogen-bond acceptors (Lipinski definition) is 1. The summed E-state index contributed by atoms with van der Waals surface area (Å²) < 4.78 is 0. The van der Waals surface area contributed by atoms with E-state index in [1.807, 2.05) is 0 Å². The number of aliphatic hydroxyl groups is 1. The normalized spacial score (nSPS) is 32.2. The lowest BCUT2D eigenvalue weighted by molar-refractivity contribution is 0.0926. The van der Waals surface area contributed by atoms with Gasteiger partial charge in [-0.2, -0.15) is 0 Å². The highest BCUT2D eigenvalue weighted by Gasteiger charge is 2.30. The molecule has 1 saturated carbocycles. The van der Waals surface area contributed by atoms with E-state index in [9.17, 15) is 5.11 Å². The smallest absolute Gasteiger partial charge is 0.0571 e. The zero-order valence-corrected chi connectivity index (χ0v) is 8.42. The molecule has 1 N–H and O–H groups in total. The minimum atomic E-state index is 0.0153. The lowest BCUT2D eigenvalue weighted by Crippen LogP contribution is -2.22. The molecule has 1 rings (SSSR count). The SMILES string of the molecule is CCC[C@H](CC)C1CCCC1O. The molecule has 0 aliphatic heterocycles. The Morgan fingerprint density at radius 3 is 2.50 bits per heavy atom. The molecule has 1 heteroatoms. The minimum Gasteiger partial charge on any atom is -0.393 e. The Balaban J connectivity index is 2.41. The minimum absolute atomic E-state index is 0.0153. The van der Waals surface area contributed by atoms with Crippen molar-refractivity contribution in [2.24, 2.45) is 11.8 Å². The molecule has 0 heterocycles. The third-order valence-corrected chi connectivity index (χ3v) is 3.32. The van der Waals surface area contributed by atoms with Gasteiger partial charge in [-0.1, -0.05) is 39.5 Å². The van der Waals surface area contributed by atoms with Crippen molar-refractivity contribution >= 4 is 0 Å². The Labute approximate surface area is 76.2 Å². The summed E-state index contributed by atoms with van der Waals surface area (Å²) >= 11 is 0. The van der Waals surface area contributed by atoms with E-state index >= 15 is 0 Å². The topological polar surface area (TPSA) is 20.2 Å². The van der Waals surface area contributed by atoms with Crippen molar-refractivity contribution in [3.8, 4) is 0 Å². The highest BCUT2D eigenvalue weighted by atomic mass is 16.3. The van der Waals surface area contributed by atoms with E-state index in [1.54, 1.807) is 0 Å². The van der Waals surface area contributed by atoms with E-state index in [1.165, 1.54) is 32.1 Å². The predicted molar refractivity (Wildman–Crippen MR) is 52.0 cm³/mol. The number of aliphatic hydroxyl groups excluding tert-OH is 1. The molecular weight excluding hydrogens is 148 g/mol. The highest BCUT2D eigenvalue weighted by Crippen LogP contribution is 2.35. The van der Waals surface area contributed by atoms with Crippen LogP contribution in [-0.4, -0.2) is 11.2 Å². The molecule has 3 atom stereocenters. The van der Waals surface area contributed by atoms with Gasteiger partial charge in [0.1, 0.15) is 0 Å². The Kier molecular flexibility index (Phi) is 4.07. The van der Waals surface area contributed by atoms with Gasteiger partial charge in [-0.3, -0.25) is 0 Å². The molecule has 72 valence electrons. The Bertz CT molecular complexity index is 122. The van der Waals surface area contributed by atoms with Crippen LogP contribution in [0, 0.1) is 11.8 Å². The molecule has 0 spiro atoms. The molecule has 0 radical (unpaired) electrons. The van der Waals surface area contributed by atoms with Crippen LogP contribution in [0.1, 0.15) is 52.4 Å². The molecule has 1 aliphatic carbocycles. The molecule has 1 fully saturated rings. The average Bonchev–Trinajstić information content (AvgIpc) is 2.47. The third-order valence-electron chi connectivity index (χ3n) is 3.32. The monoisotopic (exact) mass is 170 g/mol. The molecule has 0 aromatic rings. The Morgan fingerprint density at radius 1 is 1.33 bits per heavy atom. The van der Waals surface area contributed by atoms with Crippen LogP contribution in [0.2, 0.25) is 0 Å². The molecule has 1 aliphatic rings. The first-order valence-electron chi connectivity index (χ1n) is 5.47. The van der Waals surface area contributed by atoms with Crippen LogP contribution in [0.3, 0.4) is 0 Å². The molecule has 0 aromatic heterocycles. The van der Waals surface area contributed by atoms with Gasteiger partial charge >= 0.3 is 0 Å². The van der Waals surface area contributed by atoms with Gasteiger partial charge in [0, 0.05) is 0 Å². The van der Waals surface area contributed by atoms with Crippen molar-refractivity contribution in [3.05, 3.63) is 0 Å².